The number of nitrogens with one attached hydrogen (secondary N) is 2. The number of aryl methyl sites for hydroxylation is 1. The van der Waals surface area contributed by atoms with Crippen molar-refractivity contribution in [3.8, 4) is 5.75 Å². The first-order valence-corrected chi connectivity index (χ1v) is 6.92. The fourth-order valence-corrected chi connectivity index (χ4v) is 1.87. The second-order valence-corrected chi connectivity index (χ2v) is 4.91. The Balaban J connectivity index is 1.89. The summed E-state index contributed by atoms with van der Waals surface area (Å²) in [4.78, 5) is 22.8. The Kier molecular flexibility index (Phi) is 5.14. The summed E-state index contributed by atoms with van der Waals surface area (Å²) in [6.07, 6.45) is 0. The van der Waals surface area contributed by atoms with Crippen molar-refractivity contribution in [3.05, 3.63) is 59.7 Å². The van der Waals surface area contributed by atoms with Crippen molar-refractivity contribution < 1.29 is 14.3 Å². The Morgan fingerprint density at radius 2 is 1.82 bits per heavy atom. The number of esters is 1. The van der Waals surface area contributed by atoms with Crippen molar-refractivity contribution in [2.24, 2.45) is 0 Å². The Bertz CT molecular complexity index is 666. The highest BCUT2D eigenvalue weighted by Crippen LogP contribution is 2.17. The lowest BCUT2D eigenvalue weighted by Gasteiger charge is -2.09. The summed E-state index contributed by atoms with van der Waals surface area (Å²) in [6, 6.07) is 14.3. The number of urea groups is 1. The zero-order valence-corrected chi connectivity index (χ0v) is 12.6. The highest BCUT2D eigenvalue weighted by Gasteiger charge is 2.04. The van der Waals surface area contributed by atoms with Gasteiger partial charge in [-0.15, -0.1) is 0 Å². The van der Waals surface area contributed by atoms with E-state index in [2.05, 4.69) is 10.6 Å². The summed E-state index contributed by atoms with van der Waals surface area (Å²) in [5.74, 6) is -0.00944. The van der Waals surface area contributed by atoms with Gasteiger partial charge in [0.05, 0.1) is 0 Å². The van der Waals surface area contributed by atoms with Gasteiger partial charge in [-0.3, -0.25) is 4.79 Å². The van der Waals surface area contributed by atoms with E-state index < -0.39 is 5.97 Å². The van der Waals surface area contributed by atoms with Gasteiger partial charge in [-0.05, 0) is 24.6 Å². The van der Waals surface area contributed by atoms with Crippen molar-refractivity contribution in [2.45, 2.75) is 20.4 Å². The second kappa shape index (κ2) is 7.26. The van der Waals surface area contributed by atoms with E-state index in [4.69, 9.17) is 4.74 Å². The fraction of sp³-hybridized carbons (Fsp3) is 0.176. The Morgan fingerprint density at radius 3 is 2.50 bits per heavy atom. The number of anilines is 1. The molecule has 0 saturated heterocycles. The standard InChI is InChI=1S/C17H18N2O3/c1-12-6-8-14(9-7-12)11-18-17(21)19-15-4-3-5-16(10-15)22-13(2)20/h3-10H,11H2,1-2H3,(H2,18,19,21). The Labute approximate surface area is 129 Å². The lowest BCUT2D eigenvalue weighted by atomic mass is 10.1. The van der Waals surface area contributed by atoms with Crippen molar-refractivity contribution in [3.63, 3.8) is 0 Å². The molecule has 2 aromatic carbocycles. The minimum atomic E-state index is -0.402. The molecule has 0 bridgehead atoms. The van der Waals surface area contributed by atoms with E-state index in [1.54, 1.807) is 24.3 Å². The normalized spacial score (nSPS) is 9.91. The molecule has 2 rings (SSSR count). The molecule has 114 valence electrons. The van der Waals surface area contributed by atoms with E-state index >= 15 is 0 Å². The van der Waals surface area contributed by atoms with Crippen LogP contribution in [0, 0.1) is 6.92 Å². The number of ether oxygens (including phenoxy) is 1. The first-order valence-electron chi connectivity index (χ1n) is 6.92. The lowest BCUT2D eigenvalue weighted by molar-refractivity contribution is -0.131. The molecule has 5 heteroatoms. The largest absolute Gasteiger partial charge is 0.427 e. The third-order valence-corrected chi connectivity index (χ3v) is 2.93. The van der Waals surface area contributed by atoms with E-state index in [1.807, 2.05) is 31.2 Å². The molecule has 0 fully saturated rings. The number of benzene rings is 2. The molecule has 0 unspecified atom stereocenters. The molecule has 2 N–H and O–H groups in total. The van der Waals surface area contributed by atoms with E-state index in [0.29, 0.717) is 18.0 Å². The fourth-order valence-electron chi connectivity index (χ4n) is 1.87. The number of amides is 2. The van der Waals surface area contributed by atoms with E-state index in [-0.39, 0.29) is 6.03 Å². The third-order valence-electron chi connectivity index (χ3n) is 2.93. The topological polar surface area (TPSA) is 67.4 Å². The third kappa shape index (κ3) is 4.94. The highest BCUT2D eigenvalue weighted by atomic mass is 16.5. The smallest absolute Gasteiger partial charge is 0.319 e. The van der Waals surface area contributed by atoms with Crippen LogP contribution < -0.4 is 15.4 Å². The SMILES string of the molecule is CC(=O)Oc1cccc(NC(=O)NCc2ccc(C)cc2)c1. The van der Waals surface area contributed by atoms with Crippen LogP contribution in [-0.4, -0.2) is 12.0 Å². The van der Waals surface area contributed by atoms with Crippen LogP contribution in [0.2, 0.25) is 0 Å². The molecule has 0 heterocycles. The maximum absolute atomic E-state index is 11.9. The molecule has 0 aliphatic rings. The molecule has 0 radical (unpaired) electrons. The van der Waals surface area contributed by atoms with Gasteiger partial charge < -0.3 is 15.4 Å². The highest BCUT2D eigenvalue weighted by molar-refractivity contribution is 5.89. The van der Waals surface area contributed by atoms with Crippen LogP contribution in [-0.2, 0) is 11.3 Å². The summed E-state index contributed by atoms with van der Waals surface area (Å²) >= 11 is 0. The van der Waals surface area contributed by atoms with Crippen molar-refractivity contribution >= 4 is 17.7 Å². The molecule has 0 atom stereocenters. The minimum absolute atomic E-state index is 0.319. The van der Waals surface area contributed by atoms with Gasteiger partial charge in [-0.2, -0.15) is 0 Å². The Morgan fingerprint density at radius 1 is 1.09 bits per heavy atom. The van der Waals surface area contributed by atoms with Gasteiger partial charge in [0.15, 0.2) is 0 Å². The van der Waals surface area contributed by atoms with Gasteiger partial charge in [0.2, 0.25) is 0 Å². The number of carbonyl (C=O) groups excluding carboxylic acids is 2. The van der Waals surface area contributed by atoms with Crippen LogP contribution >= 0.6 is 0 Å². The molecule has 0 aliphatic heterocycles. The summed E-state index contributed by atoms with van der Waals surface area (Å²) in [6.45, 7) is 3.78. The molecule has 2 aromatic rings. The number of hydrogen-bond acceptors (Lipinski definition) is 3. The Hall–Kier alpha value is -2.82. The van der Waals surface area contributed by atoms with Crippen molar-refractivity contribution in [1.29, 1.82) is 0 Å². The van der Waals surface area contributed by atoms with Gasteiger partial charge in [-0.25, -0.2) is 4.79 Å². The summed E-state index contributed by atoms with van der Waals surface area (Å²) < 4.78 is 4.97. The van der Waals surface area contributed by atoms with Crippen LogP contribution in [0.15, 0.2) is 48.5 Å². The van der Waals surface area contributed by atoms with Gasteiger partial charge in [0.1, 0.15) is 5.75 Å². The molecule has 0 aromatic heterocycles. The molecular weight excluding hydrogens is 280 g/mol. The van der Waals surface area contributed by atoms with Gasteiger partial charge >= 0.3 is 12.0 Å². The molecule has 22 heavy (non-hydrogen) atoms. The van der Waals surface area contributed by atoms with Crippen LogP contribution in [0.4, 0.5) is 10.5 Å². The molecule has 0 saturated carbocycles. The molecule has 0 aliphatic carbocycles. The lowest BCUT2D eigenvalue weighted by Crippen LogP contribution is -2.28. The van der Waals surface area contributed by atoms with E-state index in [1.165, 1.54) is 12.5 Å². The quantitative estimate of drug-likeness (QED) is 0.672. The first kappa shape index (κ1) is 15.6. The number of rotatable bonds is 4. The predicted octanol–water partition coefficient (Wildman–Crippen LogP) is 3.24. The number of carbonyl (C=O) groups is 2. The maximum Gasteiger partial charge on any atom is 0.319 e. The average molecular weight is 298 g/mol. The van der Waals surface area contributed by atoms with Gasteiger partial charge in [-0.1, -0.05) is 35.9 Å². The van der Waals surface area contributed by atoms with Gasteiger partial charge in [0, 0.05) is 25.2 Å². The summed E-state index contributed by atoms with van der Waals surface area (Å²) in [5.41, 5.74) is 2.75. The van der Waals surface area contributed by atoms with Crippen molar-refractivity contribution in [2.75, 3.05) is 5.32 Å². The van der Waals surface area contributed by atoms with Gasteiger partial charge in [0.25, 0.3) is 0 Å². The zero-order chi connectivity index (χ0) is 15.9. The monoisotopic (exact) mass is 298 g/mol. The molecular formula is C17H18N2O3. The maximum atomic E-state index is 11.9. The number of hydrogen-bond donors (Lipinski definition) is 2. The van der Waals surface area contributed by atoms with E-state index in [0.717, 1.165) is 5.56 Å². The second-order valence-electron chi connectivity index (χ2n) is 4.91. The predicted molar refractivity (Wildman–Crippen MR) is 84.8 cm³/mol. The van der Waals surface area contributed by atoms with Crippen LogP contribution in [0.3, 0.4) is 0 Å². The first-order chi connectivity index (χ1) is 10.5. The van der Waals surface area contributed by atoms with E-state index in [9.17, 15) is 9.59 Å². The average Bonchev–Trinajstić information content (AvgIpc) is 2.46. The molecule has 0 spiro atoms. The molecule has 2 amide bonds. The van der Waals surface area contributed by atoms with Crippen LogP contribution in [0.1, 0.15) is 18.1 Å². The summed E-state index contributed by atoms with van der Waals surface area (Å²) in [7, 11) is 0. The van der Waals surface area contributed by atoms with Crippen molar-refractivity contribution in [1.82, 2.24) is 5.32 Å². The minimum Gasteiger partial charge on any atom is -0.427 e. The zero-order valence-electron chi connectivity index (χ0n) is 12.6. The molecule has 5 nitrogen and oxygen atoms in total. The van der Waals surface area contributed by atoms with Crippen LogP contribution in [0.5, 0.6) is 5.75 Å². The van der Waals surface area contributed by atoms with Crippen LogP contribution in [0.25, 0.3) is 0 Å². The summed E-state index contributed by atoms with van der Waals surface area (Å²) in [5, 5.41) is 5.47.